The second kappa shape index (κ2) is 10.2. The highest BCUT2D eigenvalue weighted by Gasteiger charge is 2.29. The molecule has 10 heteroatoms. The smallest absolute Gasteiger partial charge is 0.338 e. The standard InChI is InChI=1S/C24H28ClF2N5O2/c1-13-8-21(31-30-13)29-20-11-17(24(33)34)23(27)19(28-20)10-15-6-7-32(14(2)9-15)12-16-4-3-5-18(25)22(16)26/h3-5,8,11,14-15,21,30-31H,6-7,9-10,12H2,1-2H3,(H,28,29)(H,33,34)/t14-,15?,21?/m1/s1. The lowest BCUT2D eigenvalue weighted by molar-refractivity contribution is 0.0691. The van der Waals surface area contributed by atoms with Gasteiger partial charge in [-0.3, -0.25) is 4.90 Å². The Kier molecular flexibility index (Phi) is 7.35. The molecule has 0 bridgehead atoms. The van der Waals surface area contributed by atoms with Crippen LogP contribution in [-0.4, -0.2) is 39.7 Å². The lowest BCUT2D eigenvalue weighted by Gasteiger charge is -2.38. The maximum Gasteiger partial charge on any atom is 0.338 e. The number of carboxylic acid groups (broad SMARTS) is 1. The van der Waals surface area contributed by atoms with Crippen LogP contribution in [0, 0.1) is 17.6 Å². The molecule has 1 aromatic heterocycles. The number of hydrogen-bond donors (Lipinski definition) is 4. The molecule has 182 valence electrons. The van der Waals surface area contributed by atoms with Crippen LogP contribution in [0.1, 0.15) is 48.3 Å². The Morgan fingerprint density at radius 3 is 2.82 bits per heavy atom. The van der Waals surface area contributed by atoms with Crippen LogP contribution in [0.3, 0.4) is 0 Å². The number of hydrogen-bond acceptors (Lipinski definition) is 6. The molecule has 2 aliphatic rings. The zero-order valence-corrected chi connectivity index (χ0v) is 19.8. The van der Waals surface area contributed by atoms with Crippen molar-refractivity contribution in [3.05, 3.63) is 69.5 Å². The molecule has 0 aliphatic carbocycles. The molecule has 1 aromatic carbocycles. The Bertz CT molecular complexity index is 1110. The van der Waals surface area contributed by atoms with Gasteiger partial charge in [-0.25, -0.2) is 24.0 Å². The number of carbonyl (C=O) groups is 1. The molecule has 2 aliphatic heterocycles. The van der Waals surface area contributed by atoms with Gasteiger partial charge in [0.2, 0.25) is 0 Å². The normalized spacial score (nSPS) is 22.9. The van der Waals surface area contributed by atoms with Crippen molar-refractivity contribution < 1.29 is 18.7 Å². The highest BCUT2D eigenvalue weighted by atomic mass is 35.5. The minimum Gasteiger partial charge on any atom is -0.478 e. The fourth-order valence-electron chi connectivity index (χ4n) is 4.61. The molecular formula is C24H28ClF2N5O2. The number of carboxylic acids is 1. The molecule has 34 heavy (non-hydrogen) atoms. The van der Waals surface area contributed by atoms with Crippen LogP contribution in [0.15, 0.2) is 36.0 Å². The Labute approximate surface area is 202 Å². The maximum atomic E-state index is 15.0. The molecule has 4 rings (SSSR count). The summed E-state index contributed by atoms with van der Waals surface area (Å²) in [6, 6.07) is 6.36. The number of aromatic nitrogens is 1. The fraction of sp³-hybridized carbons (Fsp3) is 0.417. The summed E-state index contributed by atoms with van der Waals surface area (Å²) in [4.78, 5) is 18.2. The van der Waals surface area contributed by atoms with Gasteiger partial charge in [-0.15, -0.1) is 0 Å². The SMILES string of the molecule is CC1=CC(Nc2cc(C(=O)O)c(F)c(CC3CCN(Cc4cccc(Cl)c4F)[C@H](C)C3)n2)NN1. The number of benzene rings is 1. The van der Waals surface area contributed by atoms with Crippen molar-refractivity contribution in [1.29, 1.82) is 0 Å². The van der Waals surface area contributed by atoms with E-state index in [1.807, 2.05) is 13.0 Å². The number of likely N-dealkylation sites (tertiary alicyclic amines) is 1. The number of rotatable bonds is 7. The van der Waals surface area contributed by atoms with Gasteiger partial charge in [0.05, 0.1) is 10.7 Å². The molecular weight excluding hydrogens is 464 g/mol. The summed E-state index contributed by atoms with van der Waals surface area (Å²) >= 11 is 5.91. The molecule has 4 N–H and O–H groups in total. The van der Waals surface area contributed by atoms with Crippen LogP contribution < -0.4 is 16.2 Å². The number of nitrogens with one attached hydrogen (secondary N) is 3. The first-order chi connectivity index (χ1) is 16.2. The monoisotopic (exact) mass is 491 g/mol. The van der Waals surface area contributed by atoms with Gasteiger partial charge in [-0.1, -0.05) is 23.7 Å². The van der Waals surface area contributed by atoms with E-state index in [2.05, 4.69) is 33.0 Å². The first-order valence-electron chi connectivity index (χ1n) is 11.3. The van der Waals surface area contributed by atoms with E-state index in [1.54, 1.807) is 12.1 Å². The number of aromatic carboxylic acids is 1. The molecule has 0 spiro atoms. The molecule has 3 atom stereocenters. The van der Waals surface area contributed by atoms with Gasteiger partial charge in [0.25, 0.3) is 0 Å². The Morgan fingerprint density at radius 1 is 1.35 bits per heavy atom. The van der Waals surface area contributed by atoms with Crippen LogP contribution in [0.25, 0.3) is 0 Å². The number of piperidine rings is 1. The predicted molar refractivity (Wildman–Crippen MR) is 126 cm³/mol. The largest absolute Gasteiger partial charge is 0.478 e. The quantitative estimate of drug-likeness (QED) is 0.459. The van der Waals surface area contributed by atoms with Gasteiger partial charge in [0.1, 0.15) is 23.4 Å². The molecule has 0 radical (unpaired) electrons. The van der Waals surface area contributed by atoms with E-state index < -0.39 is 23.2 Å². The molecule has 2 unspecified atom stereocenters. The summed E-state index contributed by atoms with van der Waals surface area (Å²) in [7, 11) is 0. The van der Waals surface area contributed by atoms with E-state index in [0.717, 1.165) is 18.5 Å². The third-order valence-corrected chi connectivity index (χ3v) is 6.70. The molecule has 2 aromatic rings. The van der Waals surface area contributed by atoms with Gasteiger partial charge in [0, 0.05) is 23.8 Å². The highest BCUT2D eigenvalue weighted by Crippen LogP contribution is 2.30. The number of anilines is 1. The highest BCUT2D eigenvalue weighted by molar-refractivity contribution is 6.30. The molecule has 0 saturated carbocycles. The molecule has 1 saturated heterocycles. The van der Waals surface area contributed by atoms with Crippen molar-refractivity contribution >= 4 is 23.4 Å². The average molecular weight is 492 g/mol. The average Bonchev–Trinajstić information content (AvgIpc) is 3.19. The summed E-state index contributed by atoms with van der Waals surface area (Å²) in [5.41, 5.74) is 7.13. The van der Waals surface area contributed by atoms with Gasteiger partial charge in [-0.05, 0) is 63.8 Å². The predicted octanol–water partition coefficient (Wildman–Crippen LogP) is 4.30. The first-order valence-corrected chi connectivity index (χ1v) is 11.6. The second-order valence-electron chi connectivity index (χ2n) is 8.99. The van der Waals surface area contributed by atoms with Gasteiger partial charge in [0.15, 0.2) is 5.82 Å². The summed E-state index contributed by atoms with van der Waals surface area (Å²) in [6.45, 7) is 5.11. The Morgan fingerprint density at radius 2 is 2.15 bits per heavy atom. The summed E-state index contributed by atoms with van der Waals surface area (Å²) in [6.07, 6.45) is 3.45. The van der Waals surface area contributed by atoms with Gasteiger partial charge < -0.3 is 15.8 Å². The zero-order valence-electron chi connectivity index (χ0n) is 19.0. The third kappa shape index (κ3) is 5.48. The Hall–Kier alpha value is -2.75. The number of allylic oxidation sites excluding steroid dienone is 1. The van der Waals surface area contributed by atoms with E-state index >= 15 is 4.39 Å². The van der Waals surface area contributed by atoms with Crippen LogP contribution in [0.4, 0.5) is 14.6 Å². The number of nitrogens with zero attached hydrogens (tertiary/aromatic N) is 2. The van der Waals surface area contributed by atoms with Crippen molar-refractivity contribution in [2.24, 2.45) is 5.92 Å². The van der Waals surface area contributed by atoms with Crippen LogP contribution in [0.2, 0.25) is 5.02 Å². The van der Waals surface area contributed by atoms with Crippen LogP contribution in [-0.2, 0) is 13.0 Å². The van der Waals surface area contributed by atoms with Gasteiger partial charge in [-0.2, -0.15) is 0 Å². The minimum absolute atomic E-state index is 0.110. The van der Waals surface area contributed by atoms with Crippen molar-refractivity contribution in [2.75, 3.05) is 11.9 Å². The summed E-state index contributed by atoms with van der Waals surface area (Å²) < 4.78 is 29.3. The number of pyridine rings is 1. The first kappa shape index (κ1) is 24.4. The van der Waals surface area contributed by atoms with Crippen molar-refractivity contribution in [3.8, 4) is 0 Å². The van der Waals surface area contributed by atoms with E-state index in [1.165, 1.54) is 12.1 Å². The van der Waals surface area contributed by atoms with Crippen molar-refractivity contribution in [3.63, 3.8) is 0 Å². The maximum absolute atomic E-state index is 15.0. The molecule has 0 amide bonds. The topological polar surface area (TPSA) is 89.5 Å². The lowest BCUT2D eigenvalue weighted by Crippen LogP contribution is -2.41. The Balaban J connectivity index is 1.46. The minimum atomic E-state index is -1.33. The molecule has 7 nitrogen and oxygen atoms in total. The van der Waals surface area contributed by atoms with Crippen LogP contribution in [0.5, 0.6) is 0 Å². The van der Waals surface area contributed by atoms with E-state index in [9.17, 15) is 14.3 Å². The second-order valence-corrected chi connectivity index (χ2v) is 9.40. The third-order valence-electron chi connectivity index (χ3n) is 6.41. The fourth-order valence-corrected chi connectivity index (χ4v) is 4.80. The van der Waals surface area contributed by atoms with Crippen molar-refractivity contribution in [1.82, 2.24) is 20.7 Å². The number of hydrazine groups is 1. The molecule has 3 heterocycles. The van der Waals surface area contributed by atoms with Crippen molar-refractivity contribution in [2.45, 2.75) is 51.9 Å². The molecule has 1 fully saturated rings. The van der Waals surface area contributed by atoms with E-state index in [4.69, 9.17) is 11.6 Å². The van der Waals surface area contributed by atoms with E-state index in [-0.39, 0.29) is 28.8 Å². The lowest BCUT2D eigenvalue weighted by atomic mass is 9.87. The summed E-state index contributed by atoms with van der Waals surface area (Å²) in [5.74, 6) is -2.10. The zero-order chi connectivity index (χ0) is 24.4. The number of halogens is 3. The van der Waals surface area contributed by atoms with Gasteiger partial charge >= 0.3 is 5.97 Å². The summed E-state index contributed by atoms with van der Waals surface area (Å²) in [5, 5.41) is 12.7. The van der Waals surface area contributed by atoms with Crippen LogP contribution >= 0.6 is 11.6 Å². The van der Waals surface area contributed by atoms with E-state index in [0.29, 0.717) is 30.9 Å².